The summed E-state index contributed by atoms with van der Waals surface area (Å²) >= 11 is 0. The summed E-state index contributed by atoms with van der Waals surface area (Å²) in [6.07, 6.45) is 3.47. The highest BCUT2D eigenvalue weighted by atomic mass is 16.5. The molecule has 1 N–H and O–H groups in total. The van der Waals surface area contributed by atoms with Gasteiger partial charge >= 0.3 is 0 Å². The van der Waals surface area contributed by atoms with E-state index in [1.165, 1.54) is 18.4 Å². The average Bonchev–Trinajstić information content (AvgIpc) is 2.65. The zero-order valence-electron chi connectivity index (χ0n) is 17.1. The number of nitrogens with zero attached hydrogens (tertiary/aromatic N) is 2. The molecule has 1 saturated heterocycles. The fourth-order valence-electron chi connectivity index (χ4n) is 3.71. The molecule has 0 aromatic heterocycles. The quantitative estimate of drug-likeness (QED) is 0.730. The summed E-state index contributed by atoms with van der Waals surface area (Å²) in [5.41, 5.74) is 1.24. The van der Waals surface area contributed by atoms with Crippen LogP contribution >= 0.6 is 0 Å². The van der Waals surface area contributed by atoms with Crippen molar-refractivity contribution in [2.24, 2.45) is 5.41 Å². The molecule has 0 spiro atoms. The van der Waals surface area contributed by atoms with Gasteiger partial charge in [-0.25, -0.2) is 0 Å². The van der Waals surface area contributed by atoms with Crippen molar-refractivity contribution in [2.45, 2.75) is 39.2 Å². The van der Waals surface area contributed by atoms with Crippen molar-refractivity contribution in [2.75, 3.05) is 54.1 Å². The van der Waals surface area contributed by atoms with Crippen LogP contribution in [0, 0.1) is 5.41 Å². The lowest BCUT2D eigenvalue weighted by Gasteiger charge is -2.40. The van der Waals surface area contributed by atoms with Crippen LogP contribution in [-0.4, -0.2) is 75.0 Å². The van der Waals surface area contributed by atoms with Gasteiger partial charge in [-0.1, -0.05) is 19.9 Å². The second kappa shape index (κ2) is 9.58. The van der Waals surface area contributed by atoms with E-state index in [-0.39, 0.29) is 12.0 Å². The number of benzene rings is 1. The van der Waals surface area contributed by atoms with Crippen molar-refractivity contribution in [3.8, 4) is 11.5 Å². The van der Waals surface area contributed by atoms with Crippen LogP contribution in [0.4, 0.5) is 0 Å². The van der Waals surface area contributed by atoms with Crippen molar-refractivity contribution in [3.05, 3.63) is 23.8 Å². The topological polar surface area (TPSA) is 45.2 Å². The van der Waals surface area contributed by atoms with Gasteiger partial charge in [0.05, 0.1) is 14.2 Å². The van der Waals surface area contributed by atoms with Crippen LogP contribution in [0.15, 0.2) is 18.2 Å². The molecular formula is C21H36N2O3. The predicted octanol–water partition coefficient (Wildman–Crippen LogP) is 2.66. The lowest BCUT2D eigenvalue weighted by molar-refractivity contribution is 0.0601. The highest BCUT2D eigenvalue weighted by molar-refractivity contribution is 5.42. The maximum Gasteiger partial charge on any atom is 0.160 e. The molecule has 148 valence electrons. The summed E-state index contributed by atoms with van der Waals surface area (Å²) in [5, 5.41) is 9.53. The van der Waals surface area contributed by atoms with Gasteiger partial charge in [0.1, 0.15) is 0 Å². The number of ether oxygens (including phenoxy) is 2. The minimum atomic E-state index is -0.0277. The molecule has 1 aromatic carbocycles. The molecule has 0 bridgehead atoms. The first-order valence-electron chi connectivity index (χ1n) is 9.63. The third-order valence-corrected chi connectivity index (χ3v) is 5.38. The van der Waals surface area contributed by atoms with E-state index in [9.17, 15) is 5.11 Å². The van der Waals surface area contributed by atoms with Gasteiger partial charge in [-0.3, -0.25) is 0 Å². The summed E-state index contributed by atoms with van der Waals surface area (Å²) in [6, 6.07) is 6.75. The van der Waals surface area contributed by atoms with Gasteiger partial charge in [-0.05, 0) is 50.6 Å². The number of likely N-dealkylation sites (N-methyl/N-ethyl adjacent to an activating group) is 1. The Morgan fingerprint density at radius 1 is 1.23 bits per heavy atom. The van der Waals surface area contributed by atoms with Crippen LogP contribution in [0.2, 0.25) is 0 Å². The van der Waals surface area contributed by atoms with Crippen molar-refractivity contribution in [1.29, 1.82) is 0 Å². The van der Waals surface area contributed by atoms with E-state index >= 15 is 0 Å². The number of hydrogen-bond acceptors (Lipinski definition) is 5. The molecule has 1 heterocycles. The van der Waals surface area contributed by atoms with E-state index in [1.54, 1.807) is 14.2 Å². The lowest BCUT2D eigenvalue weighted by Crippen LogP contribution is -2.49. The average molecular weight is 365 g/mol. The Hall–Kier alpha value is -1.30. The van der Waals surface area contributed by atoms with Crippen LogP contribution in [0.5, 0.6) is 11.5 Å². The molecule has 0 aliphatic carbocycles. The Balaban J connectivity index is 1.88. The predicted molar refractivity (Wildman–Crippen MR) is 106 cm³/mol. The molecule has 0 radical (unpaired) electrons. The number of likely N-dealkylation sites (tertiary alicyclic amines) is 1. The normalized spacial score (nSPS) is 19.0. The summed E-state index contributed by atoms with van der Waals surface area (Å²) < 4.78 is 10.7. The van der Waals surface area contributed by atoms with Gasteiger partial charge in [-0.2, -0.15) is 0 Å². The fraction of sp³-hybridized carbons (Fsp3) is 0.714. The van der Waals surface area contributed by atoms with Gasteiger partial charge in [0.2, 0.25) is 0 Å². The summed E-state index contributed by atoms with van der Waals surface area (Å²) in [5.74, 6) is 1.57. The van der Waals surface area contributed by atoms with Crippen LogP contribution in [0.25, 0.3) is 0 Å². The fourth-order valence-corrected chi connectivity index (χ4v) is 3.71. The molecule has 2 rings (SSSR count). The SMILES string of the molecule is COc1ccc(CCN(C)[C@H]2CCCN(CC(C)(C)CO)C2)cc1OC. The first-order valence-corrected chi connectivity index (χ1v) is 9.63. The van der Waals surface area contributed by atoms with Gasteiger partial charge in [0, 0.05) is 37.7 Å². The molecule has 1 aliphatic rings. The molecule has 1 aromatic rings. The minimum Gasteiger partial charge on any atom is -0.493 e. The first kappa shape index (κ1) is 21.0. The summed E-state index contributed by atoms with van der Waals surface area (Å²) in [7, 11) is 5.57. The largest absolute Gasteiger partial charge is 0.493 e. The Morgan fingerprint density at radius 2 is 1.96 bits per heavy atom. The molecule has 1 fully saturated rings. The molecule has 1 atom stereocenters. The first-order chi connectivity index (χ1) is 12.4. The number of hydrogen-bond donors (Lipinski definition) is 1. The monoisotopic (exact) mass is 364 g/mol. The number of piperidine rings is 1. The Bertz CT molecular complexity index is 562. The second-order valence-corrected chi connectivity index (χ2v) is 8.27. The molecule has 0 amide bonds. The van der Waals surface area contributed by atoms with Crippen molar-refractivity contribution >= 4 is 0 Å². The molecule has 0 saturated carbocycles. The molecular weight excluding hydrogens is 328 g/mol. The van der Waals surface area contributed by atoms with E-state index in [1.807, 2.05) is 6.07 Å². The van der Waals surface area contributed by atoms with Gasteiger partial charge in [-0.15, -0.1) is 0 Å². The zero-order chi connectivity index (χ0) is 19.2. The second-order valence-electron chi connectivity index (χ2n) is 8.27. The maximum atomic E-state index is 9.53. The number of methoxy groups -OCH3 is 2. The molecule has 26 heavy (non-hydrogen) atoms. The van der Waals surface area contributed by atoms with Gasteiger partial charge in [0.25, 0.3) is 0 Å². The lowest BCUT2D eigenvalue weighted by atomic mass is 9.92. The third-order valence-electron chi connectivity index (χ3n) is 5.38. The van der Waals surface area contributed by atoms with Crippen molar-refractivity contribution in [3.63, 3.8) is 0 Å². The van der Waals surface area contributed by atoms with Gasteiger partial charge in [0.15, 0.2) is 11.5 Å². The maximum absolute atomic E-state index is 9.53. The highest BCUT2D eigenvalue weighted by Gasteiger charge is 2.27. The summed E-state index contributed by atoms with van der Waals surface area (Å²) in [6.45, 7) is 8.73. The number of aliphatic hydroxyl groups excluding tert-OH is 1. The standard InChI is InChI=1S/C21H36N2O3/c1-21(2,16-24)15-23-11-6-7-18(14-23)22(3)12-10-17-8-9-19(25-4)20(13-17)26-5/h8-9,13,18,24H,6-7,10-12,14-16H2,1-5H3/t18-/m0/s1. The van der Waals surface area contributed by atoms with E-state index in [2.05, 4.69) is 42.8 Å². The van der Waals surface area contributed by atoms with Crippen molar-refractivity contribution in [1.82, 2.24) is 9.80 Å². The summed E-state index contributed by atoms with van der Waals surface area (Å²) in [4.78, 5) is 4.99. The van der Waals surface area contributed by atoms with E-state index < -0.39 is 0 Å². The van der Waals surface area contributed by atoms with Crippen LogP contribution < -0.4 is 9.47 Å². The molecule has 5 nitrogen and oxygen atoms in total. The number of rotatable bonds is 9. The Kier molecular flexibility index (Phi) is 7.74. The van der Waals surface area contributed by atoms with E-state index in [0.717, 1.165) is 44.1 Å². The van der Waals surface area contributed by atoms with Crippen LogP contribution in [0.3, 0.4) is 0 Å². The molecule has 5 heteroatoms. The Morgan fingerprint density at radius 3 is 2.62 bits per heavy atom. The number of aliphatic hydroxyl groups is 1. The Labute approximate surface area is 158 Å². The van der Waals surface area contributed by atoms with Crippen LogP contribution in [0.1, 0.15) is 32.3 Å². The van der Waals surface area contributed by atoms with Gasteiger partial charge < -0.3 is 24.4 Å². The highest BCUT2D eigenvalue weighted by Crippen LogP contribution is 2.28. The van der Waals surface area contributed by atoms with E-state index in [4.69, 9.17) is 9.47 Å². The third kappa shape index (κ3) is 5.86. The minimum absolute atomic E-state index is 0.0277. The van der Waals surface area contributed by atoms with Crippen molar-refractivity contribution < 1.29 is 14.6 Å². The smallest absolute Gasteiger partial charge is 0.160 e. The van der Waals surface area contributed by atoms with Crippen LogP contribution in [-0.2, 0) is 6.42 Å². The van der Waals surface area contributed by atoms with E-state index in [0.29, 0.717) is 6.04 Å². The zero-order valence-corrected chi connectivity index (χ0v) is 17.1. The molecule has 0 unspecified atom stereocenters. The molecule has 1 aliphatic heterocycles.